The summed E-state index contributed by atoms with van der Waals surface area (Å²) in [4.78, 5) is 14.2. The van der Waals surface area contributed by atoms with Gasteiger partial charge in [0.05, 0.1) is 0 Å². The highest BCUT2D eigenvalue weighted by Crippen LogP contribution is 2.38. The number of hydrogen-bond donors (Lipinski definition) is 2. The molecule has 1 aliphatic heterocycles. The Hall–Kier alpha value is -0.610. The molecule has 1 heterocycles. The molecule has 0 radical (unpaired) electrons. The third-order valence-corrected chi connectivity index (χ3v) is 4.76. The van der Waals surface area contributed by atoms with Crippen LogP contribution in [0, 0.1) is 5.92 Å². The fraction of sp³-hybridized carbons (Fsp3) is 0.933. The molecule has 1 aliphatic carbocycles. The van der Waals surface area contributed by atoms with E-state index in [9.17, 15) is 9.90 Å². The first-order valence-electron chi connectivity index (χ1n) is 7.61. The van der Waals surface area contributed by atoms with E-state index in [0.29, 0.717) is 12.1 Å². The Kier molecular flexibility index (Phi) is 4.21. The summed E-state index contributed by atoms with van der Waals surface area (Å²) < 4.78 is 0. The molecule has 4 unspecified atom stereocenters. The van der Waals surface area contributed by atoms with Gasteiger partial charge in [0.15, 0.2) is 0 Å². The number of nitrogens with zero attached hydrogens (tertiary/aromatic N) is 1. The third kappa shape index (κ3) is 2.95. The molecule has 4 nitrogen and oxygen atoms in total. The van der Waals surface area contributed by atoms with Crippen molar-refractivity contribution in [2.45, 2.75) is 77.0 Å². The van der Waals surface area contributed by atoms with E-state index in [1.807, 2.05) is 13.8 Å². The Morgan fingerprint density at radius 2 is 2.11 bits per heavy atom. The number of hydrogen-bond acceptors (Lipinski definition) is 3. The van der Waals surface area contributed by atoms with E-state index >= 15 is 0 Å². The van der Waals surface area contributed by atoms with Gasteiger partial charge in [0.2, 0.25) is 0 Å². The zero-order valence-electron chi connectivity index (χ0n) is 12.6. The lowest BCUT2D eigenvalue weighted by Gasteiger charge is -2.32. The van der Waals surface area contributed by atoms with Crippen molar-refractivity contribution in [1.82, 2.24) is 10.2 Å². The molecular weight excluding hydrogens is 240 g/mol. The van der Waals surface area contributed by atoms with Crippen molar-refractivity contribution in [3.05, 3.63) is 0 Å². The summed E-state index contributed by atoms with van der Waals surface area (Å²) in [5.41, 5.74) is -0.704. The van der Waals surface area contributed by atoms with E-state index in [2.05, 4.69) is 24.1 Å². The van der Waals surface area contributed by atoms with Crippen molar-refractivity contribution in [2.75, 3.05) is 6.54 Å². The molecule has 1 saturated carbocycles. The largest absolute Gasteiger partial charge is 0.480 e. The van der Waals surface area contributed by atoms with Crippen LogP contribution in [0.3, 0.4) is 0 Å². The van der Waals surface area contributed by atoms with Crippen LogP contribution in [0.2, 0.25) is 0 Å². The molecule has 0 bridgehead atoms. The predicted octanol–water partition coefficient (Wildman–Crippen LogP) is 2.09. The smallest absolute Gasteiger partial charge is 0.323 e. The highest BCUT2D eigenvalue weighted by Gasteiger charge is 2.48. The molecule has 0 amide bonds. The van der Waals surface area contributed by atoms with E-state index in [1.54, 1.807) is 0 Å². The van der Waals surface area contributed by atoms with Crippen molar-refractivity contribution in [3.63, 3.8) is 0 Å². The minimum absolute atomic E-state index is 0.213. The highest BCUT2D eigenvalue weighted by molar-refractivity contribution is 5.79. The minimum atomic E-state index is -0.704. The van der Waals surface area contributed by atoms with Gasteiger partial charge in [0.1, 0.15) is 5.54 Å². The van der Waals surface area contributed by atoms with Crippen molar-refractivity contribution < 1.29 is 9.90 Å². The van der Waals surface area contributed by atoms with Crippen LogP contribution < -0.4 is 5.32 Å². The maximum Gasteiger partial charge on any atom is 0.323 e. The zero-order chi connectivity index (χ0) is 14.2. The molecule has 1 saturated heterocycles. The first-order chi connectivity index (χ1) is 8.84. The fourth-order valence-electron chi connectivity index (χ4n) is 4.08. The average Bonchev–Trinajstić information content (AvgIpc) is 2.82. The predicted molar refractivity (Wildman–Crippen MR) is 76.2 cm³/mol. The summed E-state index contributed by atoms with van der Waals surface area (Å²) in [7, 11) is 0. The second-order valence-corrected chi connectivity index (χ2v) is 6.97. The summed E-state index contributed by atoms with van der Waals surface area (Å²) in [6.07, 6.45) is 3.75. The molecule has 110 valence electrons. The first-order valence-corrected chi connectivity index (χ1v) is 7.61. The lowest BCUT2D eigenvalue weighted by molar-refractivity contribution is -0.145. The van der Waals surface area contributed by atoms with Crippen LogP contribution in [0.25, 0.3) is 0 Å². The van der Waals surface area contributed by atoms with Crippen LogP contribution >= 0.6 is 0 Å². The number of rotatable bonds is 4. The Bertz CT molecular complexity index is 345. The van der Waals surface area contributed by atoms with E-state index in [1.165, 1.54) is 6.42 Å². The maximum absolute atomic E-state index is 11.7. The molecule has 0 aromatic rings. The van der Waals surface area contributed by atoms with E-state index in [0.717, 1.165) is 31.7 Å². The van der Waals surface area contributed by atoms with Gasteiger partial charge in [-0.2, -0.15) is 0 Å². The number of likely N-dealkylation sites (tertiary alicyclic amines) is 1. The molecule has 0 aromatic carbocycles. The number of carbonyl (C=O) groups is 1. The second-order valence-electron chi connectivity index (χ2n) is 6.97. The molecule has 2 aliphatic rings. The molecule has 2 rings (SSSR count). The molecule has 2 fully saturated rings. The molecule has 4 atom stereocenters. The van der Waals surface area contributed by atoms with Gasteiger partial charge in [0, 0.05) is 24.7 Å². The summed E-state index contributed by atoms with van der Waals surface area (Å²) >= 11 is 0. The van der Waals surface area contributed by atoms with E-state index < -0.39 is 11.5 Å². The summed E-state index contributed by atoms with van der Waals surface area (Å²) in [6.45, 7) is 9.75. The molecule has 0 spiro atoms. The highest BCUT2D eigenvalue weighted by atomic mass is 16.4. The van der Waals surface area contributed by atoms with Crippen LogP contribution in [-0.2, 0) is 4.79 Å². The van der Waals surface area contributed by atoms with Gasteiger partial charge in [-0.05, 0) is 52.4 Å². The van der Waals surface area contributed by atoms with Crippen molar-refractivity contribution in [2.24, 2.45) is 5.92 Å². The van der Waals surface area contributed by atoms with Gasteiger partial charge >= 0.3 is 5.97 Å². The molecule has 19 heavy (non-hydrogen) atoms. The molecule has 4 heteroatoms. The SMILES string of the molecule is CC1CC(C)N(C2CCC(NC(C)C)(C(=O)O)C2)C1. The van der Waals surface area contributed by atoms with Gasteiger partial charge in [-0.15, -0.1) is 0 Å². The third-order valence-electron chi connectivity index (χ3n) is 4.76. The standard InChI is InChI=1S/C15H28N2O2/c1-10(2)16-15(14(18)19)6-5-13(8-15)17-9-11(3)7-12(17)4/h10-13,16H,5-9H2,1-4H3,(H,18,19). The lowest BCUT2D eigenvalue weighted by Crippen LogP contribution is -2.54. The fourth-order valence-corrected chi connectivity index (χ4v) is 4.08. The average molecular weight is 268 g/mol. The molecular formula is C15H28N2O2. The summed E-state index contributed by atoms with van der Waals surface area (Å²) in [5, 5.41) is 12.9. The lowest BCUT2D eigenvalue weighted by atomic mass is 9.96. The van der Waals surface area contributed by atoms with Gasteiger partial charge in [-0.25, -0.2) is 0 Å². The van der Waals surface area contributed by atoms with Crippen molar-refractivity contribution in [3.8, 4) is 0 Å². The summed E-state index contributed by atoms with van der Waals surface area (Å²) in [5.74, 6) is 0.0662. The van der Waals surface area contributed by atoms with Crippen molar-refractivity contribution in [1.29, 1.82) is 0 Å². The van der Waals surface area contributed by atoms with Gasteiger partial charge in [-0.3, -0.25) is 15.0 Å². The Morgan fingerprint density at radius 1 is 1.42 bits per heavy atom. The monoisotopic (exact) mass is 268 g/mol. The minimum Gasteiger partial charge on any atom is -0.480 e. The van der Waals surface area contributed by atoms with Crippen LogP contribution in [0.1, 0.15) is 53.4 Å². The second kappa shape index (κ2) is 5.41. The number of aliphatic carboxylic acids is 1. The van der Waals surface area contributed by atoms with Crippen LogP contribution in [-0.4, -0.2) is 46.2 Å². The maximum atomic E-state index is 11.7. The number of carboxylic acid groups (broad SMARTS) is 1. The zero-order valence-corrected chi connectivity index (χ0v) is 12.6. The van der Waals surface area contributed by atoms with E-state index in [4.69, 9.17) is 0 Å². The Morgan fingerprint density at radius 3 is 2.58 bits per heavy atom. The Balaban J connectivity index is 2.06. The van der Waals surface area contributed by atoms with Crippen molar-refractivity contribution >= 4 is 5.97 Å². The topological polar surface area (TPSA) is 52.6 Å². The quantitative estimate of drug-likeness (QED) is 0.820. The van der Waals surface area contributed by atoms with E-state index in [-0.39, 0.29) is 6.04 Å². The first kappa shape index (κ1) is 14.8. The Labute approximate surface area is 116 Å². The van der Waals surface area contributed by atoms with Crippen LogP contribution in [0.4, 0.5) is 0 Å². The number of carboxylic acids is 1. The van der Waals surface area contributed by atoms with Gasteiger partial charge in [0.25, 0.3) is 0 Å². The van der Waals surface area contributed by atoms with Crippen LogP contribution in [0.5, 0.6) is 0 Å². The number of nitrogens with one attached hydrogen (secondary N) is 1. The van der Waals surface area contributed by atoms with Gasteiger partial charge in [-0.1, -0.05) is 6.92 Å². The van der Waals surface area contributed by atoms with Gasteiger partial charge < -0.3 is 5.11 Å². The van der Waals surface area contributed by atoms with Crippen LogP contribution in [0.15, 0.2) is 0 Å². The summed E-state index contributed by atoms with van der Waals surface area (Å²) in [6, 6.07) is 1.25. The molecule has 0 aromatic heterocycles. The normalized spacial score (nSPS) is 40.2. The molecule has 2 N–H and O–H groups in total.